The van der Waals surface area contributed by atoms with E-state index in [1.807, 2.05) is 20.2 Å². The van der Waals surface area contributed by atoms with E-state index in [4.69, 9.17) is 5.26 Å². The number of hydrogen-bond acceptors (Lipinski definition) is 4. The molecule has 0 saturated heterocycles. The fraction of sp³-hybridized carbons (Fsp3) is 0.500. The third kappa shape index (κ3) is 6.15. The summed E-state index contributed by atoms with van der Waals surface area (Å²) < 4.78 is 26.4. The summed E-state index contributed by atoms with van der Waals surface area (Å²) in [7, 11) is 0.596. The highest BCUT2D eigenvalue weighted by molar-refractivity contribution is 7.88. The van der Waals surface area contributed by atoms with Gasteiger partial charge in [-0.2, -0.15) is 5.26 Å². The average molecular weight is 295 g/mol. The topological polar surface area (TPSA) is 73.2 Å². The van der Waals surface area contributed by atoms with Crippen LogP contribution in [0.25, 0.3) is 0 Å². The van der Waals surface area contributed by atoms with Crippen molar-refractivity contribution in [2.75, 3.05) is 27.2 Å². The molecule has 0 aliphatic carbocycles. The second kappa shape index (κ2) is 8.00. The molecule has 0 amide bonds. The van der Waals surface area contributed by atoms with Crippen molar-refractivity contribution in [3.05, 3.63) is 35.4 Å². The summed E-state index contributed by atoms with van der Waals surface area (Å²) in [6.07, 6.45) is 1.75. The van der Waals surface area contributed by atoms with Gasteiger partial charge < -0.3 is 4.90 Å². The molecular formula is C14H21N3O2S. The summed E-state index contributed by atoms with van der Waals surface area (Å²) >= 11 is 0. The summed E-state index contributed by atoms with van der Waals surface area (Å²) in [5.41, 5.74) is 0.946. The van der Waals surface area contributed by atoms with Crippen molar-refractivity contribution in [3.8, 4) is 6.07 Å². The Morgan fingerprint density at radius 2 is 1.95 bits per heavy atom. The molecule has 0 unspecified atom stereocenters. The Hall–Kier alpha value is -1.42. The maximum absolute atomic E-state index is 11.9. The number of benzene rings is 1. The molecule has 0 aliphatic rings. The van der Waals surface area contributed by atoms with Crippen LogP contribution in [-0.4, -0.2) is 40.5 Å². The highest BCUT2D eigenvalue weighted by Crippen LogP contribution is 2.10. The molecule has 0 fully saturated rings. The van der Waals surface area contributed by atoms with Gasteiger partial charge in [0.05, 0.1) is 17.4 Å². The van der Waals surface area contributed by atoms with E-state index in [9.17, 15) is 8.42 Å². The molecule has 1 N–H and O–H groups in total. The monoisotopic (exact) mass is 295 g/mol. The molecule has 1 aromatic rings. The summed E-state index contributed by atoms with van der Waals surface area (Å²) in [5, 5.41) is 8.94. The smallest absolute Gasteiger partial charge is 0.215 e. The first kappa shape index (κ1) is 16.6. The predicted molar refractivity (Wildman–Crippen MR) is 79.6 cm³/mol. The van der Waals surface area contributed by atoms with Crippen molar-refractivity contribution >= 4 is 10.0 Å². The largest absolute Gasteiger partial charge is 0.309 e. The Labute approximate surface area is 121 Å². The number of hydrogen-bond donors (Lipinski definition) is 1. The molecule has 0 aromatic heterocycles. The van der Waals surface area contributed by atoms with Gasteiger partial charge >= 0.3 is 0 Å². The van der Waals surface area contributed by atoms with E-state index >= 15 is 0 Å². The number of nitrogens with zero attached hydrogens (tertiary/aromatic N) is 2. The lowest BCUT2D eigenvalue weighted by Gasteiger charge is -2.10. The van der Waals surface area contributed by atoms with Crippen molar-refractivity contribution in [2.45, 2.75) is 18.6 Å². The fourth-order valence-corrected chi connectivity index (χ4v) is 3.01. The first-order chi connectivity index (χ1) is 9.44. The van der Waals surface area contributed by atoms with E-state index in [1.165, 1.54) is 0 Å². The van der Waals surface area contributed by atoms with Gasteiger partial charge in [0, 0.05) is 6.54 Å². The van der Waals surface area contributed by atoms with Crippen LogP contribution in [0.2, 0.25) is 0 Å². The molecular weight excluding hydrogens is 274 g/mol. The molecule has 1 rings (SSSR count). The van der Waals surface area contributed by atoms with Gasteiger partial charge in [0.15, 0.2) is 0 Å². The third-order valence-electron chi connectivity index (χ3n) is 2.84. The molecule has 110 valence electrons. The normalized spacial score (nSPS) is 11.5. The zero-order chi connectivity index (χ0) is 15.0. The molecule has 6 heteroatoms. The van der Waals surface area contributed by atoms with Crippen LogP contribution in [0.4, 0.5) is 0 Å². The predicted octanol–water partition coefficient (Wildman–Crippen LogP) is 1.32. The van der Waals surface area contributed by atoms with Crippen LogP contribution in [0.5, 0.6) is 0 Å². The number of rotatable bonds is 8. The Morgan fingerprint density at radius 1 is 1.25 bits per heavy atom. The number of sulfonamides is 1. The lowest BCUT2D eigenvalue weighted by molar-refractivity contribution is 0.394. The van der Waals surface area contributed by atoms with Crippen LogP contribution in [0.15, 0.2) is 24.3 Å². The molecule has 0 saturated carbocycles. The van der Waals surface area contributed by atoms with Gasteiger partial charge in [0.25, 0.3) is 0 Å². The Balaban J connectivity index is 2.48. The number of unbranched alkanes of at least 4 members (excludes halogenated alkanes) is 1. The van der Waals surface area contributed by atoms with E-state index in [2.05, 4.69) is 9.62 Å². The van der Waals surface area contributed by atoms with Crippen LogP contribution in [0, 0.1) is 11.3 Å². The van der Waals surface area contributed by atoms with Gasteiger partial charge in [-0.15, -0.1) is 0 Å². The minimum Gasteiger partial charge on any atom is -0.309 e. The second-order valence-electron chi connectivity index (χ2n) is 4.93. The molecule has 0 atom stereocenters. The van der Waals surface area contributed by atoms with Crippen molar-refractivity contribution < 1.29 is 8.42 Å². The van der Waals surface area contributed by atoms with Gasteiger partial charge in [0.2, 0.25) is 10.0 Å². The Morgan fingerprint density at radius 3 is 2.60 bits per heavy atom. The molecule has 0 spiro atoms. The summed E-state index contributed by atoms with van der Waals surface area (Å²) in [5.74, 6) is -0.148. The van der Waals surface area contributed by atoms with Gasteiger partial charge in [-0.1, -0.05) is 18.2 Å². The van der Waals surface area contributed by atoms with Gasteiger partial charge in [-0.05, 0) is 45.1 Å². The highest BCUT2D eigenvalue weighted by atomic mass is 32.2. The SMILES string of the molecule is CN(C)CCCCNS(=O)(=O)Cc1ccccc1C#N. The highest BCUT2D eigenvalue weighted by Gasteiger charge is 2.13. The van der Waals surface area contributed by atoms with E-state index < -0.39 is 10.0 Å². The third-order valence-corrected chi connectivity index (χ3v) is 4.17. The molecule has 0 bridgehead atoms. The summed E-state index contributed by atoms with van der Waals surface area (Å²) in [4.78, 5) is 2.07. The maximum atomic E-state index is 11.9. The van der Waals surface area contributed by atoms with Gasteiger partial charge in [0.1, 0.15) is 0 Å². The minimum atomic E-state index is -3.38. The van der Waals surface area contributed by atoms with E-state index in [-0.39, 0.29) is 5.75 Å². The second-order valence-corrected chi connectivity index (χ2v) is 6.74. The fourth-order valence-electron chi connectivity index (χ4n) is 1.79. The molecule has 0 radical (unpaired) electrons. The lowest BCUT2D eigenvalue weighted by Crippen LogP contribution is -2.27. The first-order valence-corrected chi connectivity index (χ1v) is 8.20. The van der Waals surface area contributed by atoms with Crippen LogP contribution in [0.1, 0.15) is 24.0 Å². The molecule has 0 aliphatic heterocycles. The van der Waals surface area contributed by atoms with E-state index in [1.54, 1.807) is 24.3 Å². The van der Waals surface area contributed by atoms with Crippen molar-refractivity contribution in [2.24, 2.45) is 0 Å². The van der Waals surface area contributed by atoms with Crippen molar-refractivity contribution in [1.29, 1.82) is 5.26 Å². The standard InChI is InChI=1S/C14H21N3O2S/c1-17(2)10-6-5-9-16-20(18,19)12-14-8-4-3-7-13(14)11-15/h3-4,7-8,16H,5-6,9-10,12H2,1-2H3. The zero-order valence-electron chi connectivity index (χ0n) is 12.0. The molecule has 20 heavy (non-hydrogen) atoms. The number of nitriles is 1. The van der Waals surface area contributed by atoms with Crippen LogP contribution in [-0.2, 0) is 15.8 Å². The maximum Gasteiger partial charge on any atom is 0.215 e. The average Bonchev–Trinajstić information content (AvgIpc) is 2.38. The molecule has 1 aromatic carbocycles. The molecule has 5 nitrogen and oxygen atoms in total. The minimum absolute atomic E-state index is 0.148. The van der Waals surface area contributed by atoms with Gasteiger partial charge in [-0.25, -0.2) is 13.1 Å². The zero-order valence-corrected chi connectivity index (χ0v) is 12.8. The first-order valence-electron chi connectivity index (χ1n) is 6.54. The summed E-state index contributed by atoms with van der Waals surface area (Å²) in [6.45, 7) is 1.38. The van der Waals surface area contributed by atoms with Crippen molar-refractivity contribution in [3.63, 3.8) is 0 Å². The Kier molecular flexibility index (Phi) is 6.65. The molecule has 0 heterocycles. The van der Waals surface area contributed by atoms with Crippen molar-refractivity contribution in [1.82, 2.24) is 9.62 Å². The van der Waals surface area contributed by atoms with E-state index in [0.717, 1.165) is 19.4 Å². The van der Waals surface area contributed by atoms with E-state index in [0.29, 0.717) is 17.7 Å². The van der Waals surface area contributed by atoms with Crippen LogP contribution in [0.3, 0.4) is 0 Å². The summed E-state index contributed by atoms with van der Waals surface area (Å²) in [6, 6.07) is 8.77. The van der Waals surface area contributed by atoms with Crippen LogP contribution >= 0.6 is 0 Å². The van der Waals surface area contributed by atoms with Crippen LogP contribution < -0.4 is 4.72 Å². The quantitative estimate of drug-likeness (QED) is 0.734. The lowest BCUT2D eigenvalue weighted by atomic mass is 10.1. The van der Waals surface area contributed by atoms with Gasteiger partial charge in [-0.3, -0.25) is 0 Å². The number of nitrogens with one attached hydrogen (secondary N) is 1. The Bertz CT molecular complexity index is 562.